The minimum absolute atomic E-state index is 0.0208. The van der Waals surface area contributed by atoms with E-state index < -0.39 is 10.0 Å². The van der Waals surface area contributed by atoms with Gasteiger partial charge in [-0.25, -0.2) is 13.1 Å². The van der Waals surface area contributed by atoms with E-state index in [1.807, 2.05) is 0 Å². The number of halogens is 2. The molecule has 1 aromatic rings. The van der Waals surface area contributed by atoms with Crippen molar-refractivity contribution in [1.29, 1.82) is 0 Å². The van der Waals surface area contributed by atoms with Crippen LogP contribution in [0.25, 0.3) is 0 Å². The first-order valence-corrected chi connectivity index (χ1v) is 9.59. The van der Waals surface area contributed by atoms with Crippen molar-refractivity contribution in [2.75, 3.05) is 19.6 Å². The molecule has 1 saturated heterocycles. The third-order valence-corrected chi connectivity index (χ3v) is 7.71. The number of sulfonamides is 1. The maximum atomic E-state index is 12.2. The zero-order valence-electron chi connectivity index (χ0n) is 10.5. The molecule has 8 heteroatoms. The number of hydrogen-bond acceptors (Lipinski definition) is 4. The molecule has 2 heterocycles. The summed E-state index contributed by atoms with van der Waals surface area (Å²) in [7, 11) is -3.45. The highest BCUT2D eigenvalue weighted by Gasteiger charge is 2.25. The molecule has 0 aliphatic carbocycles. The Morgan fingerprint density at radius 1 is 1.53 bits per heavy atom. The van der Waals surface area contributed by atoms with Crippen LogP contribution in [-0.4, -0.2) is 39.0 Å². The fourth-order valence-electron chi connectivity index (χ4n) is 2.10. The number of thiophene rings is 1. The van der Waals surface area contributed by atoms with Crippen LogP contribution in [0.2, 0.25) is 5.02 Å². The second-order valence-electron chi connectivity index (χ2n) is 4.52. The maximum absolute atomic E-state index is 12.2. The van der Waals surface area contributed by atoms with Crippen LogP contribution in [0.15, 0.2) is 14.1 Å². The summed E-state index contributed by atoms with van der Waals surface area (Å²) in [5, 5.41) is 0.436. The number of nitrogens with zero attached hydrogens (tertiary/aromatic N) is 1. The van der Waals surface area contributed by atoms with Crippen molar-refractivity contribution in [1.82, 2.24) is 9.62 Å². The number of nitrogens with one attached hydrogen (secondary N) is 1. The summed E-state index contributed by atoms with van der Waals surface area (Å²) >= 11 is 10.3. The highest BCUT2D eigenvalue weighted by molar-refractivity contribution is 9.11. The smallest absolute Gasteiger partial charge is 0.250 e. The van der Waals surface area contributed by atoms with Crippen molar-refractivity contribution >= 4 is 48.9 Å². The predicted octanol–water partition coefficient (Wildman–Crippen LogP) is 2.93. The molecule has 19 heavy (non-hydrogen) atoms. The van der Waals surface area contributed by atoms with Crippen LogP contribution < -0.4 is 4.72 Å². The number of likely N-dealkylation sites (tertiary alicyclic amines) is 1. The zero-order valence-corrected chi connectivity index (χ0v) is 14.5. The number of piperidine rings is 1. The van der Waals surface area contributed by atoms with Crippen molar-refractivity contribution in [3.63, 3.8) is 0 Å². The van der Waals surface area contributed by atoms with E-state index >= 15 is 0 Å². The van der Waals surface area contributed by atoms with Crippen LogP contribution in [-0.2, 0) is 10.0 Å². The third-order valence-electron chi connectivity index (χ3n) is 3.24. The molecule has 0 radical (unpaired) electrons. The topological polar surface area (TPSA) is 49.4 Å². The Morgan fingerprint density at radius 3 is 2.63 bits per heavy atom. The quantitative estimate of drug-likeness (QED) is 0.864. The first-order valence-electron chi connectivity index (χ1n) is 6.12. The van der Waals surface area contributed by atoms with E-state index in [9.17, 15) is 8.42 Å². The van der Waals surface area contributed by atoms with E-state index in [1.54, 1.807) is 0 Å². The van der Waals surface area contributed by atoms with Gasteiger partial charge >= 0.3 is 0 Å². The lowest BCUT2D eigenvalue weighted by atomic mass is 10.1. The largest absolute Gasteiger partial charge is 0.303 e. The average molecular weight is 388 g/mol. The van der Waals surface area contributed by atoms with Gasteiger partial charge in [-0.15, -0.1) is 11.3 Å². The highest BCUT2D eigenvalue weighted by atomic mass is 79.9. The summed E-state index contributed by atoms with van der Waals surface area (Å²) in [5.41, 5.74) is 0. The molecule has 1 aliphatic heterocycles. The fraction of sp³-hybridized carbons (Fsp3) is 0.636. The Hall–Kier alpha value is 0.340. The number of rotatable bonds is 4. The lowest BCUT2D eigenvalue weighted by Crippen LogP contribution is -2.44. The molecular formula is C11H16BrClN2O2S2. The monoisotopic (exact) mass is 386 g/mol. The van der Waals surface area contributed by atoms with Gasteiger partial charge in [0.1, 0.15) is 4.21 Å². The summed E-state index contributed by atoms with van der Waals surface area (Å²) in [5.74, 6) is 0. The summed E-state index contributed by atoms with van der Waals surface area (Å²) < 4.78 is 28.1. The van der Waals surface area contributed by atoms with E-state index in [0.717, 1.165) is 43.8 Å². The summed E-state index contributed by atoms with van der Waals surface area (Å²) in [6.45, 7) is 5.03. The fourth-order valence-corrected chi connectivity index (χ4v) is 5.82. The first-order chi connectivity index (χ1) is 8.92. The standard InChI is InChI=1S/C11H16BrClN2O2S2/c1-2-15-5-3-8(4-6-15)14-19(16,17)10-7-9(13)11(12)18-10/h7-8,14H,2-6H2,1H3. The Morgan fingerprint density at radius 2 is 2.16 bits per heavy atom. The van der Waals surface area contributed by atoms with Crippen LogP contribution in [0, 0.1) is 0 Å². The summed E-state index contributed by atoms with van der Waals surface area (Å²) in [6, 6.07) is 1.51. The van der Waals surface area contributed by atoms with Crippen LogP contribution in [0.3, 0.4) is 0 Å². The second kappa shape index (κ2) is 6.41. The Kier molecular flexibility index (Phi) is 5.30. The molecular weight excluding hydrogens is 372 g/mol. The van der Waals surface area contributed by atoms with Gasteiger partial charge in [0.05, 0.1) is 8.81 Å². The molecule has 2 rings (SSSR count). The highest BCUT2D eigenvalue weighted by Crippen LogP contribution is 2.34. The van der Waals surface area contributed by atoms with Crippen molar-refractivity contribution in [2.45, 2.75) is 30.0 Å². The summed E-state index contributed by atoms with van der Waals surface area (Å²) in [6.07, 6.45) is 1.71. The molecule has 1 fully saturated rings. The Balaban J connectivity index is 2.02. The zero-order chi connectivity index (χ0) is 14.0. The van der Waals surface area contributed by atoms with E-state index in [2.05, 4.69) is 32.5 Å². The lowest BCUT2D eigenvalue weighted by molar-refractivity contribution is 0.217. The Labute approximate surface area is 131 Å². The molecule has 1 N–H and O–H groups in total. The van der Waals surface area contributed by atoms with Gasteiger partial charge in [-0.05, 0) is 54.5 Å². The second-order valence-corrected chi connectivity index (χ2v) is 9.24. The number of hydrogen-bond donors (Lipinski definition) is 1. The van der Waals surface area contributed by atoms with Crippen LogP contribution >= 0.6 is 38.9 Å². The molecule has 0 unspecified atom stereocenters. The first kappa shape index (κ1) is 15.7. The van der Waals surface area contributed by atoms with Gasteiger partial charge in [-0.1, -0.05) is 18.5 Å². The van der Waals surface area contributed by atoms with Gasteiger partial charge in [0.2, 0.25) is 10.0 Å². The summed E-state index contributed by atoms with van der Waals surface area (Å²) in [4.78, 5) is 2.32. The molecule has 0 amide bonds. The molecule has 0 bridgehead atoms. The average Bonchev–Trinajstić information content (AvgIpc) is 2.71. The van der Waals surface area contributed by atoms with Gasteiger partial charge in [0.15, 0.2) is 0 Å². The lowest BCUT2D eigenvalue weighted by Gasteiger charge is -2.31. The maximum Gasteiger partial charge on any atom is 0.250 e. The molecule has 1 aromatic heterocycles. The van der Waals surface area contributed by atoms with Crippen LogP contribution in [0.4, 0.5) is 0 Å². The predicted molar refractivity (Wildman–Crippen MR) is 82.5 cm³/mol. The van der Waals surface area contributed by atoms with Gasteiger partial charge in [-0.3, -0.25) is 0 Å². The molecule has 1 aliphatic rings. The van der Waals surface area contributed by atoms with Crippen molar-refractivity contribution in [3.8, 4) is 0 Å². The van der Waals surface area contributed by atoms with E-state index in [1.165, 1.54) is 6.07 Å². The minimum Gasteiger partial charge on any atom is -0.303 e. The Bertz CT molecular complexity index is 519. The third kappa shape index (κ3) is 3.92. The minimum atomic E-state index is -3.45. The molecule has 108 valence electrons. The molecule has 0 atom stereocenters. The van der Waals surface area contributed by atoms with Gasteiger partial charge in [0.25, 0.3) is 0 Å². The van der Waals surface area contributed by atoms with Gasteiger partial charge < -0.3 is 4.90 Å². The van der Waals surface area contributed by atoms with Gasteiger partial charge in [0, 0.05) is 6.04 Å². The normalized spacial score (nSPS) is 18.9. The van der Waals surface area contributed by atoms with Crippen molar-refractivity contribution in [2.24, 2.45) is 0 Å². The molecule has 4 nitrogen and oxygen atoms in total. The molecule has 0 saturated carbocycles. The molecule has 0 aromatic carbocycles. The van der Waals surface area contributed by atoms with Crippen molar-refractivity contribution < 1.29 is 8.42 Å². The van der Waals surface area contributed by atoms with Crippen LogP contribution in [0.5, 0.6) is 0 Å². The van der Waals surface area contributed by atoms with Crippen molar-refractivity contribution in [3.05, 3.63) is 14.9 Å². The van der Waals surface area contributed by atoms with E-state index in [4.69, 9.17) is 11.6 Å². The van der Waals surface area contributed by atoms with E-state index in [-0.39, 0.29) is 10.3 Å². The molecule has 0 spiro atoms. The van der Waals surface area contributed by atoms with Crippen LogP contribution in [0.1, 0.15) is 19.8 Å². The van der Waals surface area contributed by atoms with Gasteiger partial charge in [-0.2, -0.15) is 0 Å². The SMILES string of the molecule is CCN1CCC(NS(=O)(=O)c2cc(Cl)c(Br)s2)CC1. The van der Waals surface area contributed by atoms with E-state index in [0.29, 0.717) is 8.81 Å².